The number of methoxy groups -OCH3 is 1. The number of benzene rings is 2. The summed E-state index contributed by atoms with van der Waals surface area (Å²) in [6.45, 7) is 3.19. The van der Waals surface area contributed by atoms with Crippen LogP contribution in [-0.2, 0) is 9.53 Å². The molecule has 0 aliphatic rings. The highest BCUT2D eigenvalue weighted by atomic mass is 16.5. The standard InChI is InChI=1S/C20H19NO3/c1-20(2,19(23)24-3)21-18(22)17-13-11-16(12-14-17)10-9-15-7-5-4-6-8-15/h4-8,11-14H,1-3H3,(H,21,22). The summed E-state index contributed by atoms with van der Waals surface area (Å²) in [5.41, 5.74) is 1.11. The normalized spacial score (nSPS) is 10.3. The number of esters is 1. The molecule has 0 heterocycles. The van der Waals surface area contributed by atoms with Gasteiger partial charge in [0.1, 0.15) is 5.54 Å². The van der Waals surface area contributed by atoms with Gasteiger partial charge in [0.2, 0.25) is 0 Å². The van der Waals surface area contributed by atoms with Crippen molar-refractivity contribution in [3.8, 4) is 11.8 Å². The molecule has 0 bridgehead atoms. The molecule has 2 rings (SSSR count). The van der Waals surface area contributed by atoms with E-state index in [1.165, 1.54) is 7.11 Å². The van der Waals surface area contributed by atoms with Gasteiger partial charge in [-0.15, -0.1) is 0 Å². The zero-order valence-electron chi connectivity index (χ0n) is 13.9. The summed E-state index contributed by atoms with van der Waals surface area (Å²) in [5, 5.41) is 2.65. The Morgan fingerprint density at radius 2 is 1.46 bits per heavy atom. The summed E-state index contributed by atoms with van der Waals surface area (Å²) >= 11 is 0. The second kappa shape index (κ2) is 7.47. The average Bonchev–Trinajstić information content (AvgIpc) is 2.60. The van der Waals surface area contributed by atoms with E-state index in [2.05, 4.69) is 21.9 Å². The lowest BCUT2D eigenvalue weighted by atomic mass is 10.0. The van der Waals surface area contributed by atoms with Crippen LogP contribution >= 0.6 is 0 Å². The van der Waals surface area contributed by atoms with Gasteiger partial charge in [-0.2, -0.15) is 0 Å². The van der Waals surface area contributed by atoms with Crippen molar-refractivity contribution in [2.24, 2.45) is 0 Å². The van der Waals surface area contributed by atoms with E-state index in [1.54, 1.807) is 38.1 Å². The van der Waals surface area contributed by atoms with Crippen molar-refractivity contribution in [2.75, 3.05) is 7.11 Å². The maximum absolute atomic E-state index is 12.2. The highest BCUT2D eigenvalue weighted by Gasteiger charge is 2.30. The smallest absolute Gasteiger partial charge is 0.330 e. The van der Waals surface area contributed by atoms with Crippen LogP contribution in [0.1, 0.15) is 35.3 Å². The summed E-state index contributed by atoms with van der Waals surface area (Å²) in [6.07, 6.45) is 0. The fourth-order valence-corrected chi connectivity index (χ4v) is 2.03. The number of rotatable bonds is 3. The number of ether oxygens (including phenoxy) is 1. The third-order valence-corrected chi connectivity index (χ3v) is 3.39. The maximum atomic E-state index is 12.2. The van der Waals surface area contributed by atoms with E-state index in [1.807, 2.05) is 30.3 Å². The Hall–Kier alpha value is -3.06. The van der Waals surface area contributed by atoms with Gasteiger partial charge in [-0.25, -0.2) is 4.79 Å². The molecule has 0 aromatic heterocycles. The molecule has 0 unspecified atom stereocenters. The molecule has 0 aliphatic heterocycles. The third-order valence-electron chi connectivity index (χ3n) is 3.39. The fourth-order valence-electron chi connectivity index (χ4n) is 2.03. The van der Waals surface area contributed by atoms with Crippen LogP contribution in [0.15, 0.2) is 54.6 Å². The molecule has 0 atom stereocenters. The molecule has 0 aliphatic carbocycles. The Kier molecular flexibility index (Phi) is 5.39. The molecule has 4 nitrogen and oxygen atoms in total. The van der Waals surface area contributed by atoms with Crippen LogP contribution in [0.5, 0.6) is 0 Å². The third kappa shape index (κ3) is 4.47. The van der Waals surface area contributed by atoms with Crippen molar-refractivity contribution in [2.45, 2.75) is 19.4 Å². The molecule has 1 amide bonds. The Bertz CT molecular complexity index is 781. The minimum absolute atomic E-state index is 0.340. The van der Waals surface area contributed by atoms with Crippen LogP contribution in [0, 0.1) is 11.8 Å². The number of nitrogens with one attached hydrogen (secondary N) is 1. The van der Waals surface area contributed by atoms with Crippen molar-refractivity contribution in [1.29, 1.82) is 0 Å². The van der Waals surface area contributed by atoms with Crippen molar-refractivity contribution in [1.82, 2.24) is 5.32 Å². The minimum atomic E-state index is -1.09. The van der Waals surface area contributed by atoms with E-state index in [0.29, 0.717) is 5.56 Å². The molecule has 0 saturated heterocycles. The molecule has 4 heteroatoms. The number of hydrogen-bond acceptors (Lipinski definition) is 3. The highest BCUT2D eigenvalue weighted by Crippen LogP contribution is 2.09. The van der Waals surface area contributed by atoms with Gasteiger partial charge in [-0.1, -0.05) is 30.0 Å². The summed E-state index contributed by atoms with van der Waals surface area (Å²) < 4.78 is 4.67. The SMILES string of the molecule is COC(=O)C(C)(C)NC(=O)c1ccc(C#Cc2ccccc2)cc1. The zero-order chi connectivity index (χ0) is 17.6. The Morgan fingerprint density at radius 3 is 2.00 bits per heavy atom. The van der Waals surface area contributed by atoms with Gasteiger partial charge in [-0.05, 0) is 50.2 Å². The van der Waals surface area contributed by atoms with E-state index >= 15 is 0 Å². The number of hydrogen-bond donors (Lipinski definition) is 1. The van der Waals surface area contributed by atoms with Crippen LogP contribution in [-0.4, -0.2) is 24.5 Å². The predicted octanol–water partition coefficient (Wildman–Crippen LogP) is 2.77. The largest absolute Gasteiger partial charge is 0.467 e. The number of carbonyl (C=O) groups excluding carboxylic acids is 2. The van der Waals surface area contributed by atoms with E-state index in [4.69, 9.17) is 0 Å². The second-order valence-electron chi connectivity index (χ2n) is 5.76. The molecule has 0 spiro atoms. The molecular formula is C20H19NO3. The fraction of sp³-hybridized carbons (Fsp3) is 0.200. The van der Waals surface area contributed by atoms with Crippen LogP contribution < -0.4 is 5.32 Å². The van der Waals surface area contributed by atoms with Gasteiger partial charge in [0.25, 0.3) is 5.91 Å². The molecular weight excluding hydrogens is 302 g/mol. The quantitative estimate of drug-likeness (QED) is 0.698. The van der Waals surface area contributed by atoms with Gasteiger partial charge >= 0.3 is 5.97 Å². The first-order valence-electron chi connectivity index (χ1n) is 7.50. The first-order valence-corrected chi connectivity index (χ1v) is 7.50. The molecule has 0 saturated carbocycles. The summed E-state index contributed by atoms with van der Waals surface area (Å²) in [4.78, 5) is 23.8. The van der Waals surface area contributed by atoms with Gasteiger partial charge < -0.3 is 10.1 Å². The van der Waals surface area contributed by atoms with Crippen molar-refractivity contribution in [3.63, 3.8) is 0 Å². The van der Waals surface area contributed by atoms with Gasteiger partial charge in [0, 0.05) is 16.7 Å². The average molecular weight is 321 g/mol. The summed E-state index contributed by atoms with van der Waals surface area (Å²) in [5.74, 6) is 5.27. The van der Waals surface area contributed by atoms with Crippen molar-refractivity contribution in [3.05, 3.63) is 71.3 Å². The first kappa shape index (κ1) is 17.3. The minimum Gasteiger partial charge on any atom is -0.467 e. The number of carbonyl (C=O) groups is 2. The van der Waals surface area contributed by atoms with Crippen LogP contribution in [0.4, 0.5) is 0 Å². The Morgan fingerprint density at radius 1 is 0.917 bits per heavy atom. The Labute approximate surface area is 141 Å². The topological polar surface area (TPSA) is 55.4 Å². The zero-order valence-corrected chi connectivity index (χ0v) is 13.9. The molecule has 0 fully saturated rings. The first-order chi connectivity index (χ1) is 11.4. The van der Waals surface area contributed by atoms with Crippen molar-refractivity contribution < 1.29 is 14.3 Å². The molecule has 24 heavy (non-hydrogen) atoms. The molecule has 1 N–H and O–H groups in total. The lowest BCUT2D eigenvalue weighted by Crippen LogP contribution is -2.50. The summed E-state index contributed by atoms with van der Waals surface area (Å²) in [6, 6.07) is 16.6. The van der Waals surface area contributed by atoms with Gasteiger partial charge in [0.05, 0.1) is 7.11 Å². The predicted molar refractivity (Wildman–Crippen MR) is 92.4 cm³/mol. The van der Waals surface area contributed by atoms with Crippen LogP contribution in [0.3, 0.4) is 0 Å². The number of amides is 1. The van der Waals surface area contributed by atoms with Crippen molar-refractivity contribution >= 4 is 11.9 Å². The lowest BCUT2D eigenvalue weighted by molar-refractivity contribution is -0.146. The maximum Gasteiger partial charge on any atom is 0.330 e. The van der Waals surface area contributed by atoms with Crippen LogP contribution in [0.2, 0.25) is 0 Å². The molecule has 2 aromatic carbocycles. The summed E-state index contributed by atoms with van der Waals surface area (Å²) in [7, 11) is 1.29. The monoisotopic (exact) mass is 321 g/mol. The Balaban J connectivity index is 2.08. The lowest BCUT2D eigenvalue weighted by Gasteiger charge is -2.23. The van der Waals surface area contributed by atoms with E-state index in [0.717, 1.165) is 11.1 Å². The van der Waals surface area contributed by atoms with E-state index < -0.39 is 11.5 Å². The highest BCUT2D eigenvalue weighted by molar-refractivity contribution is 5.97. The molecule has 2 aromatic rings. The van der Waals surface area contributed by atoms with Crippen LogP contribution in [0.25, 0.3) is 0 Å². The molecule has 122 valence electrons. The second-order valence-corrected chi connectivity index (χ2v) is 5.76. The van der Waals surface area contributed by atoms with E-state index in [-0.39, 0.29) is 5.91 Å². The van der Waals surface area contributed by atoms with Gasteiger partial charge in [0.15, 0.2) is 0 Å². The van der Waals surface area contributed by atoms with Gasteiger partial charge in [-0.3, -0.25) is 4.79 Å². The molecule has 0 radical (unpaired) electrons. The van der Waals surface area contributed by atoms with E-state index in [9.17, 15) is 9.59 Å².